The van der Waals surface area contributed by atoms with Crippen LogP contribution in [0.4, 0.5) is 4.39 Å². The Kier molecular flexibility index (Phi) is 4.14. The Hall–Kier alpha value is -2.21. The minimum atomic E-state index is -1.82. The summed E-state index contributed by atoms with van der Waals surface area (Å²) in [5, 5.41) is 10.6. The van der Waals surface area contributed by atoms with Gasteiger partial charge in [-0.05, 0) is 46.3 Å². The van der Waals surface area contributed by atoms with Gasteiger partial charge in [0, 0.05) is 0 Å². The van der Waals surface area contributed by atoms with E-state index in [9.17, 15) is 19.1 Å². The molecule has 0 aliphatic heterocycles. The van der Waals surface area contributed by atoms with Gasteiger partial charge in [0.2, 0.25) is 5.78 Å². The Balaban J connectivity index is 2.36. The number of hydrogen-bond acceptors (Lipinski definition) is 4. The number of para-hydroxylation sites is 1. The minimum absolute atomic E-state index is 0.0557. The van der Waals surface area contributed by atoms with Crippen molar-refractivity contribution in [3.05, 3.63) is 58.3 Å². The van der Waals surface area contributed by atoms with E-state index in [1.165, 1.54) is 36.4 Å². The first kappa shape index (κ1) is 14.2. The molecule has 0 unspecified atom stereocenters. The molecule has 0 bridgehead atoms. The van der Waals surface area contributed by atoms with Gasteiger partial charge in [0.1, 0.15) is 23.3 Å². The standard InChI is InChI=1S/C14H8BrFO4/c15-10-7-8(5-6-11(10)16)20-12-4-2-1-3-9(12)13(17)14(18)19/h1-7H,(H,18,19)/p-1. The van der Waals surface area contributed by atoms with E-state index in [-0.39, 0.29) is 21.5 Å². The van der Waals surface area contributed by atoms with Crippen LogP contribution in [0.15, 0.2) is 46.9 Å². The monoisotopic (exact) mass is 337 g/mol. The van der Waals surface area contributed by atoms with Crippen LogP contribution in [-0.2, 0) is 4.79 Å². The Morgan fingerprint density at radius 3 is 2.50 bits per heavy atom. The number of hydrogen-bond donors (Lipinski definition) is 0. The maximum Gasteiger partial charge on any atom is 0.212 e. The molecule has 102 valence electrons. The van der Waals surface area contributed by atoms with Crippen molar-refractivity contribution in [2.45, 2.75) is 0 Å². The van der Waals surface area contributed by atoms with E-state index in [2.05, 4.69) is 15.9 Å². The van der Waals surface area contributed by atoms with Crippen LogP contribution in [0.2, 0.25) is 0 Å². The van der Waals surface area contributed by atoms with Crippen LogP contribution in [-0.4, -0.2) is 11.8 Å². The van der Waals surface area contributed by atoms with Gasteiger partial charge in [-0.3, -0.25) is 4.79 Å². The lowest BCUT2D eigenvalue weighted by molar-refractivity contribution is -0.296. The Bertz CT molecular complexity index is 685. The smallest absolute Gasteiger partial charge is 0.212 e. The number of halogens is 2. The van der Waals surface area contributed by atoms with Crippen molar-refractivity contribution in [2.24, 2.45) is 0 Å². The number of carbonyl (C=O) groups is 2. The van der Waals surface area contributed by atoms with Crippen molar-refractivity contribution in [3.63, 3.8) is 0 Å². The van der Waals surface area contributed by atoms with E-state index in [1.54, 1.807) is 6.07 Å². The first-order valence-corrected chi connectivity index (χ1v) is 6.26. The van der Waals surface area contributed by atoms with E-state index in [1.807, 2.05) is 0 Å². The van der Waals surface area contributed by atoms with E-state index >= 15 is 0 Å². The zero-order valence-electron chi connectivity index (χ0n) is 9.93. The second-order valence-electron chi connectivity index (χ2n) is 3.79. The number of Topliss-reactive ketones (excluding diaryl/α,β-unsaturated/α-hetero) is 1. The highest BCUT2D eigenvalue weighted by Gasteiger charge is 2.14. The fourth-order valence-corrected chi connectivity index (χ4v) is 1.88. The maximum atomic E-state index is 13.1. The second-order valence-corrected chi connectivity index (χ2v) is 4.65. The number of aliphatic carboxylic acids is 1. The van der Waals surface area contributed by atoms with Crippen LogP contribution in [0.3, 0.4) is 0 Å². The number of rotatable bonds is 4. The predicted octanol–water partition coefficient (Wildman–Crippen LogP) is 2.31. The van der Waals surface area contributed by atoms with Gasteiger partial charge in [0.05, 0.1) is 10.0 Å². The van der Waals surface area contributed by atoms with Crippen molar-refractivity contribution >= 4 is 27.7 Å². The summed E-state index contributed by atoms with van der Waals surface area (Å²) >= 11 is 3.00. The highest BCUT2D eigenvalue weighted by atomic mass is 79.9. The molecular weight excluding hydrogens is 331 g/mol. The van der Waals surface area contributed by atoms with Crippen molar-refractivity contribution in [1.29, 1.82) is 0 Å². The molecule has 0 aliphatic rings. The fraction of sp³-hybridized carbons (Fsp3) is 0. The number of carboxylic acid groups (broad SMARTS) is 1. The summed E-state index contributed by atoms with van der Waals surface area (Å²) in [5.74, 6) is -3.14. The van der Waals surface area contributed by atoms with E-state index in [4.69, 9.17) is 4.74 Å². The third-order valence-corrected chi connectivity index (χ3v) is 3.04. The number of carboxylic acids is 1. The molecule has 6 heteroatoms. The summed E-state index contributed by atoms with van der Waals surface area (Å²) < 4.78 is 18.7. The van der Waals surface area contributed by atoms with E-state index < -0.39 is 17.6 Å². The third-order valence-electron chi connectivity index (χ3n) is 2.44. The summed E-state index contributed by atoms with van der Waals surface area (Å²) in [4.78, 5) is 22.1. The zero-order chi connectivity index (χ0) is 14.7. The molecule has 0 saturated heterocycles. The largest absolute Gasteiger partial charge is 0.541 e. The summed E-state index contributed by atoms with van der Waals surface area (Å²) in [6.07, 6.45) is 0. The lowest BCUT2D eigenvalue weighted by Gasteiger charge is -2.11. The maximum absolute atomic E-state index is 13.1. The van der Waals surface area contributed by atoms with Crippen LogP contribution < -0.4 is 9.84 Å². The average molecular weight is 338 g/mol. The molecule has 0 fully saturated rings. The topological polar surface area (TPSA) is 66.4 Å². The van der Waals surface area contributed by atoms with Gasteiger partial charge in [-0.1, -0.05) is 12.1 Å². The molecule has 0 N–H and O–H groups in total. The van der Waals surface area contributed by atoms with Gasteiger partial charge in [-0.2, -0.15) is 0 Å². The number of ether oxygens (including phenoxy) is 1. The van der Waals surface area contributed by atoms with Gasteiger partial charge in [-0.15, -0.1) is 0 Å². The first-order valence-electron chi connectivity index (χ1n) is 5.46. The quantitative estimate of drug-likeness (QED) is 0.634. The third kappa shape index (κ3) is 3.03. The highest BCUT2D eigenvalue weighted by Crippen LogP contribution is 2.28. The Morgan fingerprint density at radius 1 is 1.15 bits per heavy atom. The van der Waals surface area contributed by atoms with Crippen LogP contribution in [0.5, 0.6) is 11.5 Å². The molecule has 0 atom stereocenters. The highest BCUT2D eigenvalue weighted by molar-refractivity contribution is 9.10. The number of carbonyl (C=O) groups excluding carboxylic acids is 2. The molecule has 0 aromatic heterocycles. The Morgan fingerprint density at radius 2 is 1.85 bits per heavy atom. The molecule has 0 amide bonds. The first-order chi connectivity index (χ1) is 9.49. The van der Waals surface area contributed by atoms with Gasteiger partial charge >= 0.3 is 0 Å². The van der Waals surface area contributed by atoms with Crippen LogP contribution in [0.25, 0.3) is 0 Å². The second kappa shape index (κ2) is 5.83. The molecule has 0 heterocycles. The van der Waals surface area contributed by atoms with Gasteiger partial charge in [-0.25, -0.2) is 4.39 Å². The van der Waals surface area contributed by atoms with Crippen LogP contribution >= 0.6 is 15.9 Å². The number of ketones is 1. The lowest BCUT2D eigenvalue weighted by atomic mass is 10.1. The average Bonchev–Trinajstić information content (AvgIpc) is 2.42. The van der Waals surface area contributed by atoms with E-state index in [0.717, 1.165) is 0 Å². The molecule has 2 aromatic carbocycles. The molecule has 0 saturated carbocycles. The number of benzene rings is 2. The normalized spacial score (nSPS) is 10.1. The molecular formula is C14H7BrFO4-. The van der Waals surface area contributed by atoms with Crippen molar-refractivity contribution in [2.75, 3.05) is 0 Å². The van der Waals surface area contributed by atoms with Gasteiger partial charge < -0.3 is 14.6 Å². The molecule has 2 aromatic rings. The summed E-state index contributed by atoms with van der Waals surface area (Å²) in [5.41, 5.74) is -0.132. The van der Waals surface area contributed by atoms with Crippen molar-refractivity contribution in [3.8, 4) is 11.5 Å². The van der Waals surface area contributed by atoms with Crippen LogP contribution in [0, 0.1) is 5.82 Å². The molecule has 0 radical (unpaired) electrons. The van der Waals surface area contributed by atoms with Crippen LogP contribution in [0.1, 0.15) is 10.4 Å². The minimum Gasteiger partial charge on any atom is -0.541 e. The summed E-state index contributed by atoms with van der Waals surface area (Å²) in [7, 11) is 0. The predicted molar refractivity (Wildman–Crippen MR) is 70.0 cm³/mol. The molecule has 2 rings (SSSR count). The molecule has 0 spiro atoms. The lowest BCUT2D eigenvalue weighted by Crippen LogP contribution is -2.31. The van der Waals surface area contributed by atoms with Crippen molar-refractivity contribution < 1.29 is 23.8 Å². The fourth-order valence-electron chi connectivity index (χ4n) is 1.52. The molecule has 0 aliphatic carbocycles. The summed E-state index contributed by atoms with van der Waals surface area (Å²) in [6.45, 7) is 0. The van der Waals surface area contributed by atoms with Gasteiger partial charge in [0.25, 0.3) is 0 Å². The Labute approximate surface area is 121 Å². The zero-order valence-corrected chi connectivity index (χ0v) is 11.5. The van der Waals surface area contributed by atoms with E-state index in [0.29, 0.717) is 0 Å². The molecule has 20 heavy (non-hydrogen) atoms. The summed E-state index contributed by atoms with van der Waals surface area (Å²) in [6, 6.07) is 9.75. The van der Waals surface area contributed by atoms with Gasteiger partial charge in [0.15, 0.2) is 0 Å². The van der Waals surface area contributed by atoms with Crippen molar-refractivity contribution in [1.82, 2.24) is 0 Å². The molecule has 4 nitrogen and oxygen atoms in total. The SMILES string of the molecule is O=C([O-])C(=O)c1ccccc1Oc1ccc(F)c(Br)c1.